The summed E-state index contributed by atoms with van der Waals surface area (Å²) in [5.74, 6) is -0.713. The van der Waals surface area contributed by atoms with Crippen LogP contribution in [0, 0.1) is 11.3 Å². The quantitative estimate of drug-likeness (QED) is 0.340. The minimum absolute atomic E-state index is 0.0538. The van der Waals surface area contributed by atoms with Gasteiger partial charge < -0.3 is 4.74 Å². The summed E-state index contributed by atoms with van der Waals surface area (Å²) in [5.41, 5.74) is -1.01. The fourth-order valence-corrected chi connectivity index (χ4v) is 1.89. The van der Waals surface area contributed by atoms with Gasteiger partial charge >= 0.3 is 5.97 Å². The first-order chi connectivity index (χ1) is 6.20. The molecule has 13 heavy (non-hydrogen) atoms. The Morgan fingerprint density at radius 2 is 2.38 bits per heavy atom. The van der Waals surface area contributed by atoms with Crippen LogP contribution < -0.4 is 0 Å². The number of allylic oxidation sites excluding steroid dienone is 3. The molecule has 2 atom stereocenters. The van der Waals surface area contributed by atoms with Crippen molar-refractivity contribution in [3.05, 3.63) is 24.3 Å². The highest BCUT2D eigenvalue weighted by Gasteiger charge is 2.50. The number of rotatable bonds is 1. The van der Waals surface area contributed by atoms with E-state index in [1.54, 1.807) is 12.2 Å². The van der Waals surface area contributed by atoms with Gasteiger partial charge in [0, 0.05) is 0 Å². The first kappa shape index (κ1) is 8.23. The van der Waals surface area contributed by atoms with E-state index in [9.17, 15) is 9.59 Å². The highest BCUT2D eigenvalue weighted by Crippen LogP contribution is 2.40. The van der Waals surface area contributed by atoms with Crippen LogP contribution in [-0.2, 0) is 14.3 Å². The van der Waals surface area contributed by atoms with Gasteiger partial charge in [-0.05, 0) is 6.42 Å². The smallest absolute Gasteiger partial charge is 0.323 e. The minimum atomic E-state index is -1.01. The predicted molar refractivity (Wildman–Crippen MR) is 45.8 cm³/mol. The second-order valence-electron chi connectivity index (χ2n) is 3.34. The minimum Gasteiger partial charge on any atom is -0.468 e. The lowest BCUT2D eigenvalue weighted by atomic mass is 9.77. The molecule has 0 aromatic heterocycles. The van der Waals surface area contributed by atoms with Crippen molar-refractivity contribution in [1.82, 2.24) is 0 Å². The molecule has 68 valence electrons. The summed E-state index contributed by atoms with van der Waals surface area (Å²) < 4.78 is 4.64. The number of hydrogen-bond acceptors (Lipinski definition) is 3. The Bertz CT molecular complexity index is 327. The molecule has 2 aliphatic rings. The summed E-state index contributed by atoms with van der Waals surface area (Å²) in [6.45, 7) is 0. The predicted octanol–water partition coefficient (Wildman–Crippen LogP) is 0.861. The zero-order valence-corrected chi connectivity index (χ0v) is 7.32. The van der Waals surface area contributed by atoms with Crippen molar-refractivity contribution in [2.75, 3.05) is 7.11 Å². The SMILES string of the molecule is COC(=O)[C@]12C=C[C@H](C=CC1)C2=O. The first-order valence-corrected chi connectivity index (χ1v) is 4.19. The van der Waals surface area contributed by atoms with Crippen LogP contribution in [0.15, 0.2) is 24.3 Å². The summed E-state index contributed by atoms with van der Waals surface area (Å²) in [5, 5.41) is 0. The molecule has 0 amide bonds. The number of methoxy groups -OCH3 is 1. The van der Waals surface area contributed by atoms with Gasteiger partial charge in [0.2, 0.25) is 0 Å². The normalized spacial score (nSPS) is 35.2. The molecule has 0 spiro atoms. The number of carbonyl (C=O) groups is 2. The summed E-state index contributed by atoms with van der Waals surface area (Å²) in [4.78, 5) is 23.1. The lowest BCUT2D eigenvalue weighted by Gasteiger charge is -2.24. The maximum Gasteiger partial charge on any atom is 0.323 e. The third-order valence-electron chi connectivity index (χ3n) is 2.66. The zero-order valence-electron chi connectivity index (χ0n) is 7.32. The molecule has 0 unspecified atom stereocenters. The third kappa shape index (κ3) is 0.899. The second-order valence-corrected chi connectivity index (χ2v) is 3.34. The van der Waals surface area contributed by atoms with Crippen molar-refractivity contribution in [1.29, 1.82) is 0 Å². The van der Waals surface area contributed by atoms with E-state index in [-0.39, 0.29) is 11.7 Å². The van der Waals surface area contributed by atoms with E-state index in [4.69, 9.17) is 0 Å². The third-order valence-corrected chi connectivity index (χ3v) is 2.66. The summed E-state index contributed by atoms with van der Waals surface area (Å²) in [6, 6.07) is 0. The van der Waals surface area contributed by atoms with E-state index in [2.05, 4.69) is 4.74 Å². The Labute approximate surface area is 76.1 Å². The zero-order chi connectivity index (χ0) is 9.47. The van der Waals surface area contributed by atoms with Crippen molar-refractivity contribution in [2.45, 2.75) is 6.42 Å². The Kier molecular flexibility index (Phi) is 1.62. The number of Topliss-reactive ketones (excluding diaryl/α,β-unsaturated/α-hetero) is 1. The fraction of sp³-hybridized carbons (Fsp3) is 0.400. The molecule has 0 radical (unpaired) electrons. The van der Waals surface area contributed by atoms with Crippen LogP contribution in [0.4, 0.5) is 0 Å². The van der Waals surface area contributed by atoms with Crippen molar-refractivity contribution in [3.63, 3.8) is 0 Å². The Balaban J connectivity index is 2.43. The van der Waals surface area contributed by atoms with Gasteiger partial charge in [0.25, 0.3) is 0 Å². The van der Waals surface area contributed by atoms with Crippen molar-refractivity contribution in [2.24, 2.45) is 11.3 Å². The van der Waals surface area contributed by atoms with E-state index in [1.165, 1.54) is 7.11 Å². The molecule has 2 aliphatic carbocycles. The number of esters is 1. The molecule has 0 fully saturated rings. The first-order valence-electron chi connectivity index (χ1n) is 4.19. The molecular weight excluding hydrogens is 168 g/mol. The van der Waals surface area contributed by atoms with Gasteiger partial charge in [-0.2, -0.15) is 0 Å². The van der Waals surface area contributed by atoms with Crippen LogP contribution in [0.25, 0.3) is 0 Å². The van der Waals surface area contributed by atoms with Crippen LogP contribution in [0.1, 0.15) is 6.42 Å². The summed E-state index contributed by atoms with van der Waals surface area (Å²) in [6.07, 6.45) is 7.57. The van der Waals surface area contributed by atoms with Crippen molar-refractivity contribution >= 4 is 11.8 Å². The lowest BCUT2D eigenvalue weighted by molar-refractivity contribution is -0.154. The molecule has 2 bridgehead atoms. The number of carbonyl (C=O) groups excluding carboxylic acids is 2. The molecule has 2 rings (SSSR count). The van der Waals surface area contributed by atoms with Gasteiger partial charge in [-0.1, -0.05) is 24.3 Å². The van der Waals surface area contributed by atoms with Gasteiger partial charge in [-0.25, -0.2) is 0 Å². The monoisotopic (exact) mass is 178 g/mol. The van der Waals surface area contributed by atoms with Gasteiger partial charge in [0.1, 0.15) is 5.41 Å². The van der Waals surface area contributed by atoms with Gasteiger partial charge in [-0.15, -0.1) is 0 Å². The molecule has 0 saturated heterocycles. The van der Waals surface area contributed by atoms with E-state index in [0.717, 1.165) is 0 Å². The number of ether oxygens (including phenoxy) is 1. The van der Waals surface area contributed by atoms with Gasteiger partial charge in [0.15, 0.2) is 5.78 Å². The number of ketones is 1. The molecule has 3 nitrogen and oxygen atoms in total. The number of hydrogen-bond donors (Lipinski definition) is 0. The topological polar surface area (TPSA) is 43.4 Å². The van der Waals surface area contributed by atoms with E-state index < -0.39 is 11.4 Å². The Morgan fingerprint density at radius 1 is 1.62 bits per heavy atom. The van der Waals surface area contributed by atoms with Crippen LogP contribution in [-0.4, -0.2) is 18.9 Å². The Hall–Kier alpha value is -1.38. The van der Waals surface area contributed by atoms with Crippen LogP contribution >= 0.6 is 0 Å². The highest BCUT2D eigenvalue weighted by atomic mass is 16.5. The highest BCUT2D eigenvalue weighted by molar-refractivity contribution is 6.11. The largest absolute Gasteiger partial charge is 0.468 e. The molecular formula is C10H10O3. The van der Waals surface area contributed by atoms with Crippen LogP contribution in [0.3, 0.4) is 0 Å². The molecule has 0 aromatic carbocycles. The van der Waals surface area contributed by atoms with Gasteiger partial charge in [-0.3, -0.25) is 9.59 Å². The molecule has 3 heteroatoms. The van der Waals surface area contributed by atoms with Gasteiger partial charge in [0.05, 0.1) is 13.0 Å². The molecule has 0 N–H and O–H groups in total. The van der Waals surface area contributed by atoms with Crippen molar-refractivity contribution < 1.29 is 14.3 Å². The van der Waals surface area contributed by atoms with Crippen molar-refractivity contribution in [3.8, 4) is 0 Å². The molecule has 0 heterocycles. The molecule has 0 saturated carbocycles. The van der Waals surface area contributed by atoms with E-state index >= 15 is 0 Å². The standard InChI is InChI=1S/C10H10O3/c1-13-9(12)10-5-2-3-7(4-6-10)8(10)11/h2-4,6-7H,5H2,1H3/t7-,10-/m0/s1. The molecule has 0 aromatic rings. The fourth-order valence-electron chi connectivity index (χ4n) is 1.89. The van der Waals surface area contributed by atoms with E-state index in [0.29, 0.717) is 6.42 Å². The summed E-state index contributed by atoms with van der Waals surface area (Å²) >= 11 is 0. The average molecular weight is 178 g/mol. The average Bonchev–Trinajstić information content (AvgIpc) is 2.40. The lowest BCUT2D eigenvalue weighted by Crippen LogP contribution is -2.39. The molecule has 0 aliphatic heterocycles. The van der Waals surface area contributed by atoms with Crippen LogP contribution in [0.5, 0.6) is 0 Å². The maximum absolute atomic E-state index is 11.7. The second kappa shape index (κ2) is 2.55. The number of fused-ring (bicyclic) bond motifs is 2. The maximum atomic E-state index is 11.7. The Morgan fingerprint density at radius 3 is 3.08 bits per heavy atom. The summed E-state index contributed by atoms with van der Waals surface area (Å²) in [7, 11) is 1.31. The van der Waals surface area contributed by atoms with E-state index in [1.807, 2.05) is 12.2 Å². The van der Waals surface area contributed by atoms with Crippen LogP contribution in [0.2, 0.25) is 0 Å².